The Labute approximate surface area is 308 Å². The van der Waals surface area contributed by atoms with Crippen molar-refractivity contribution in [3.05, 3.63) is 144 Å². The van der Waals surface area contributed by atoms with Gasteiger partial charge in [-0.25, -0.2) is 0 Å². The van der Waals surface area contributed by atoms with Crippen LogP contribution in [0.15, 0.2) is 108 Å². The van der Waals surface area contributed by atoms with Crippen LogP contribution in [0.4, 0.5) is 17.1 Å². The van der Waals surface area contributed by atoms with Crippen molar-refractivity contribution in [1.29, 1.82) is 0 Å². The Kier molecular flexibility index (Phi) is 8.74. The van der Waals surface area contributed by atoms with Gasteiger partial charge in [-0.2, -0.15) is 18.8 Å². The van der Waals surface area contributed by atoms with Crippen molar-refractivity contribution in [2.24, 2.45) is 0 Å². The van der Waals surface area contributed by atoms with Crippen molar-refractivity contribution < 1.29 is 29.1 Å². The summed E-state index contributed by atoms with van der Waals surface area (Å²) in [7, 11) is 2.10. The fourth-order valence-electron chi connectivity index (χ4n) is 7.69. The average molecular weight is 834 g/mol. The first-order valence-corrected chi connectivity index (χ1v) is 17.2. The molecule has 6 heteroatoms. The van der Waals surface area contributed by atoms with Crippen LogP contribution in [0.25, 0.3) is 39.0 Å². The van der Waals surface area contributed by atoms with Crippen molar-refractivity contribution in [3.63, 3.8) is 0 Å². The van der Waals surface area contributed by atoms with E-state index in [0.29, 0.717) is 11.8 Å². The molecule has 255 valence electrons. The number of furan rings is 1. The van der Waals surface area contributed by atoms with Crippen molar-refractivity contribution in [1.82, 2.24) is 4.98 Å². The number of aromatic nitrogens is 2. The van der Waals surface area contributed by atoms with Gasteiger partial charge in [0.1, 0.15) is 5.58 Å². The molecule has 5 aromatic carbocycles. The molecule has 0 fully saturated rings. The normalized spacial score (nSPS) is 14.1. The van der Waals surface area contributed by atoms with Crippen LogP contribution in [0.1, 0.15) is 75.6 Å². The van der Waals surface area contributed by atoms with Gasteiger partial charge in [-0.05, 0) is 58.7 Å². The molecule has 0 amide bonds. The summed E-state index contributed by atoms with van der Waals surface area (Å²) in [6.07, 6.45) is 3.93. The second kappa shape index (κ2) is 12.9. The van der Waals surface area contributed by atoms with Gasteiger partial charge in [0.05, 0.1) is 5.82 Å². The zero-order valence-electron chi connectivity index (χ0n) is 29.6. The van der Waals surface area contributed by atoms with Crippen LogP contribution >= 0.6 is 0 Å². The Morgan fingerprint density at radius 1 is 0.780 bits per heavy atom. The van der Waals surface area contributed by atoms with Gasteiger partial charge in [-0.1, -0.05) is 95.1 Å². The minimum Gasteiger partial charge on any atom is -0.504 e. The van der Waals surface area contributed by atoms with Crippen LogP contribution in [0.2, 0.25) is 0 Å². The summed E-state index contributed by atoms with van der Waals surface area (Å²) in [6.45, 7) is 15.8. The number of fused-ring (bicyclic) bond motifs is 1. The largest absolute Gasteiger partial charge is 0.504 e. The zero-order chi connectivity index (χ0) is 34.0. The maximum Gasteiger partial charge on any atom is 0.120 e. The molecule has 0 saturated heterocycles. The van der Waals surface area contributed by atoms with E-state index in [2.05, 4.69) is 154 Å². The number of nitrogens with zero attached hydrogens (tertiary/aromatic N) is 4. The Morgan fingerprint density at radius 3 is 2.20 bits per heavy atom. The molecular weight excluding hydrogens is 793 g/mol. The molecular formula is C44H41IrN4O-3. The van der Waals surface area contributed by atoms with E-state index in [1.54, 1.807) is 0 Å². The standard InChI is InChI=1S/C23H18N2O.C21H23N2.Ir/c1-23(2)14-7-5-11-18-20(14)21-16(9-6-12-19(21)26-18)25-13-24(3)17-10-4-8-15(23)22(17)25;1-15(2)18-11-8-12-19(16(3)4)20(18)23-14-13-22-21(23)17-9-6-5-7-10-17;/h4-8,10-13H,1-3H3;5-9,11-16H,1-4H3;/q-2;-1;. The number of para-hydroxylation sites is 2. The zero-order valence-corrected chi connectivity index (χ0v) is 32.0. The Bertz CT molecular complexity index is 2310. The first-order chi connectivity index (χ1) is 23.7. The molecule has 5 nitrogen and oxygen atoms in total. The number of benzene rings is 5. The van der Waals surface area contributed by atoms with Gasteiger partial charge in [0.2, 0.25) is 0 Å². The smallest absolute Gasteiger partial charge is 0.120 e. The summed E-state index contributed by atoms with van der Waals surface area (Å²) < 4.78 is 8.44. The van der Waals surface area contributed by atoms with Gasteiger partial charge in [0.25, 0.3) is 0 Å². The number of imidazole rings is 1. The second-order valence-corrected chi connectivity index (χ2v) is 14.2. The molecule has 1 radical (unpaired) electrons. The first-order valence-electron chi connectivity index (χ1n) is 17.2. The molecule has 0 spiro atoms. The molecule has 0 saturated carbocycles. The van der Waals surface area contributed by atoms with Gasteiger partial charge >= 0.3 is 0 Å². The van der Waals surface area contributed by atoms with E-state index in [9.17, 15) is 0 Å². The number of hydrogen-bond donors (Lipinski definition) is 0. The molecule has 50 heavy (non-hydrogen) atoms. The molecule has 9 rings (SSSR count). The van der Waals surface area contributed by atoms with Gasteiger partial charge in [0, 0.05) is 60.6 Å². The summed E-state index contributed by atoms with van der Waals surface area (Å²) in [6, 6.07) is 38.4. The summed E-state index contributed by atoms with van der Waals surface area (Å²) in [4.78, 5) is 9.06. The van der Waals surface area contributed by atoms with Crippen molar-refractivity contribution in [2.45, 2.75) is 58.8 Å². The van der Waals surface area contributed by atoms with Crippen molar-refractivity contribution in [3.8, 4) is 17.1 Å². The predicted molar refractivity (Wildman–Crippen MR) is 200 cm³/mol. The Balaban J connectivity index is 0.000000155. The fraction of sp³-hybridized carbons (Fsp3) is 0.227. The van der Waals surface area contributed by atoms with E-state index >= 15 is 0 Å². The van der Waals surface area contributed by atoms with Crippen molar-refractivity contribution >= 4 is 39.0 Å². The van der Waals surface area contributed by atoms with E-state index in [0.717, 1.165) is 33.6 Å². The molecule has 2 aliphatic heterocycles. The number of rotatable bonds is 4. The Morgan fingerprint density at radius 2 is 1.48 bits per heavy atom. The molecule has 2 aromatic heterocycles. The van der Waals surface area contributed by atoms with E-state index in [4.69, 9.17) is 4.42 Å². The molecule has 0 bridgehead atoms. The maximum atomic E-state index is 6.22. The first kappa shape index (κ1) is 33.8. The molecule has 2 aliphatic rings. The van der Waals surface area contributed by atoms with E-state index in [1.807, 2.05) is 36.5 Å². The Hall–Kier alpha value is -4.64. The summed E-state index contributed by atoms with van der Waals surface area (Å²) in [5, 5.41) is 2.36. The van der Waals surface area contributed by atoms with Gasteiger partial charge in [-0.3, -0.25) is 4.98 Å². The molecule has 4 heterocycles. The van der Waals surface area contributed by atoms with Gasteiger partial charge < -0.3 is 18.8 Å². The molecule has 0 N–H and O–H groups in total. The monoisotopic (exact) mass is 834 g/mol. The minimum absolute atomic E-state index is 0. The van der Waals surface area contributed by atoms with Crippen LogP contribution in [0.5, 0.6) is 0 Å². The second-order valence-electron chi connectivity index (χ2n) is 14.2. The fourth-order valence-corrected chi connectivity index (χ4v) is 7.69. The van der Waals surface area contributed by atoms with Crippen LogP contribution in [0, 0.1) is 18.8 Å². The van der Waals surface area contributed by atoms with E-state index < -0.39 is 0 Å². The quantitative estimate of drug-likeness (QED) is 0.131. The van der Waals surface area contributed by atoms with Crippen LogP contribution in [0.3, 0.4) is 0 Å². The maximum absolute atomic E-state index is 6.22. The number of hydrogen-bond acceptors (Lipinski definition) is 3. The van der Waals surface area contributed by atoms with Crippen LogP contribution in [-0.2, 0) is 25.5 Å². The van der Waals surface area contributed by atoms with Crippen LogP contribution in [-0.4, -0.2) is 7.05 Å². The topological polar surface area (TPSA) is 37.6 Å². The van der Waals surface area contributed by atoms with Crippen molar-refractivity contribution in [2.75, 3.05) is 16.8 Å². The molecule has 0 aliphatic carbocycles. The average Bonchev–Trinajstić information content (AvgIpc) is 3.83. The summed E-state index contributed by atoms with van der Waals surface area (Å²) in [5.41, 5.74) is 12.9. The summed E-state index contributed by atoms with van der Waals surface area (Å²) in [5.74, 6) is 1.86. The minimum atomic E-state index is -0.146. The number of anilines is 3. The van der Waals surface area contributed by atoms with E-state index in [-0.39, 0.29) is 25.5 Å². The third kappa shape index (κ3) is 5.28. The third-order valence-electron chi connectivity index (χ3n) is 10.1. The summed E-state index contributed by atoms with van der Waals surface area (Å²) >= 11 is 0. The van der Waals surface area contributed by atoms with E-state index in [1.165, 1.54) is 44.7 Å². The van der Waals surface area contributed by atoms with Gasteiger partial charge in [0.15, 0.2) is 0 Å². The molecule has 0 unspecified atom stereocenters. The van der Waals surface area contributed by atoms with Crippen LogP contribution < -0.4 is 19.4 Å². The predicted octanol–water partition coefficient (Wildman–Crippen LogP) is 10.4. The third-order valence-corrected chi connectivity index (χ3v) is 10.1. The van der Waals surface area contributed by atoms with Gasteiger partial charge in [-0.15, -0.1) is 42.0 Å². The SMILES string of the molecule is CC(C)c1cccc(C(C)C)c1-[n+]1cc[n-]c1-c1[c-]cccc1.CN1[CH-]N2c3c1cccc3C(C)(C)c1cccc3oc4cc[c-]c2c4c13.[Ir]. The molecule has 7 aromatic rings. The molecule has 0 atom stereocenters.